The van der Waals surface area contributed by atoms with Gasteiger partial charge in [-0.3, -0.25) is 0 Å². The summed E-state index contributed by atoms with van der Waals surface area (Å²) < 4.78 is 0. The van der Waals surface area contributed by atoms with E-state index in [0.717, 1.165) is 19.6 Å². The van der Waals surface area contributed by atoms with Crippen LogP contribution < -0.4 is 5.32 Å². The highest BCUT2D eigenvalue weighted by Crippen LogP contribution is 2.11. The molecule has 0 atom stereocenters. The molecule has 2 heteroatoms. The highest BCUT2D eigenvalue weighted by atomic mass is 15.1. The molecule has 0 bridgehead atoms. The Labute approximate surface area is 106 Å². The first-order valence-corrected chi connectivity index (χ1v) is 6.47. The van der Waals surface area contributed by atoms with E-state index >= 15 is 0 Å². The van der Waals surface area contributed by atoms with Crippen molar-refractivity contribution in [3.05, 3.63) is 34.9 Å². The SMILES string of the molecule is Cc1ccc(CN(C)CCNC(C)C)cc1C. The van der Waals surface area contributed by atoms with Crippen LogP contribution in [0.25, 0.3) is 0 Å². The molecule has 0 spiro atoms. The van der Waals surface area contributed by atoms with E-state index in [-0.39, 0.29) is 0 Å². The molecule has 0 fully saturated rings. The Morgan fingerprint density at radius 2 is 1.88 bits per heavy atom. The average molecular weight is 234 g/mol. The van der Waals surface area contributed by atoms with Crippen LogP contribution in [0.2, 0.25) is 0 Å². The number of nitrogens with one attached hydrogen (secondary N) is 1. The molecule has 17 heavy (non-hydrogen) atoms. The third-order valence-corrected chi connectivity index (χ3v) is 3.07. The van der Waals surface area contributed by atoms with Gasteiger partial charge in [0, 0.05) is 25.7 Å². The molecule has 0 saturated carbocycles. The lowest BCUT2D eigenvalue weighted by atomic mass is 10.1. The summed E-state index contributed by atoms with van der Waals surface area (Å²) in [6, 6.07) is 7.31. The van der Waals surface area contributed by atoms with E-state index in [2.05, 4.69) is 63.2 Å². The first-order valence-electron chi connectivity index (χ1n) is 6.47. The van der Waals surface area contributed by atoms with Crippen LogP contribution >= 0.6 is 0 Å². The van der Waals surface area contributed by atoms with Crippen molar-refractivity contribution < 1.29 is 0 Å². The van der Waals surface area contributed by atoms with Crippen molar-refractivity contribution in [2.45, 2.75) is 40.3 Å². The molecule has 1 aromatic rings. The van der Waals surface area contributed by atoms with E-state index in [1.807, 2.05) is 0 Å². The summed E-state index contributed by atoms with van der Waals surface area (Å²) in [5, 5.41) is 3.44. The van der Waals surface area contributed by atoms with Gasteiger partial charge in [-0.15, -0.1) is 0 Å². The van der Waals surface area contributed by atoms with E-state index in [0.29, 0.717) is 6.04 Å². The van der Waals surface area contributed by atoms with Gasteiger partial charge in [0.15, 0.2) is 0 Å². The summed E-state index contributed by atoms with van der Waals surface area (Å²) in [4.78, 5) is 2.36. The molecule has 2 nitrogen and oxygen atoms in total. The molecule has 96 valence electrons. The summed E-state index contributed by atoms with van der Waals surface area (Å²) in [5.41, 5.74) is 4.16. The molecule has 1 aromatic carbocycles. The summed E-state index contributed by atoms with van der Waals surface area (Å²) in [5.74, 6) is 0. The van der Waals surface area contributed by atoms with E-state index < -0.39 is 0 Å². The minimum atomic E-state index is 0.574. The largest absolute Gasteiger partial charge is 0.313 e. The predicted octanol–water partition coefficient (Wildman–Crippen LogP) is 2.73. The molecule has 0 aliphatic heterocycles. The molecule has 0 aliphatic rings. The molecule has 0 aliphatic carbocycles. The standard InChI is InChI=1S/C15H26N2/c1-12(2)16-8-9-17(5)11-15-7-6-13(3)14(4)10-15/h6-7,10,12,16H,8-9,11H2,1-5H3. The molecule has 0 heterocycles. The van der Waals surface area contributed by atoms with Crippen molar-refractivity contribution in [1.82, 2.24) is 10.2 Å². The number of nitrogens with zero attached hydrogens (tertiary/aromatic N) is 1. The zero-order chi connectivity index (χ0) is 12.8. The fourth-order valence-corrected chi connectivity index (χ4v) is 1.84. The van der Waals surface area contributed by atoms with Gasteiger partial charge in [-0.1, -0.05) is 32.0 Å². The van der Waals surface area contributed by atoms with Crippen LogP contribution in [0.15, 0.2) is 18.2 Å². The van der Waals surface area contributed by atoms with Crippen molar-refractivity contribution in [2.75, 3.05) is 20.1 Å². The van der Waals surface area contributed by atoms with Crippen molar-refractivity contribution in [3.8, 4) is 0 Å². The smallest absolute Gasteiger partial charge is 0.0231 e. The Morgan fingerprint density at radius 3 is 2.47 bits per heavy atom. The molecule has 0 aromatic heterocycles. The van der Waals surface area contributed by atoms with Crippen LogP contribution in [-0.4, -0.2) is 31.1 Å². The normalized spacial score (nSPS) is 11.5. The Hall–Kier alpha value is -0.860. The van der Waals surface area contributed by atoms with E-state index in [1.165, 1.54) is 16.7 Å². The van der Waals surface area contributed by atoms with Crippen molar-refractivity contribution in [2.24, 2.45) is 0 Å². The minimum absolute atomic E-state index is 0.574. The van der Waals surface area contributed by atoms with E-state index in [4.69, 9.17) is 0 Å². The predicted molar refractivity (Wildman–Crippen MR) is 75.4 cm³/mol. The van der Waals surface area contributed by atoms with Crippen LogP contribution in [0, 0.1) is 13.8 Å². The topological polar surface area (TPSA) is 15.3 Å². The number of hydrogen-bond donors (Lipinski definition) is 1. The first-order chi connectivity index (χ1) is 7.99. The number of aryl methyl sites for hydroxylation is 2. The summed E-state index contributed by atoms with van der Waals surface area (Å²) >= 11 is 0. The van der Waals surface area contributed by atoms with Crippen molar-refractivity contribution >= 4 is 0 Å². The average Bonchev–Trinajstić information content (AvgIpc) is 2.23. The van der Waals surface area contributed by atoms with Crippen LogP contribution in [-0.2, 0) is 6.54 Å². The zero-order valence-corrected chi connectivity index (χ0v) is 11.9. The molecule has 0 radical (unpaired) electrons. The van der Waals surface area contributed by atoms with Crippen LogP contribution in [0.3, 0.4) is 0 Å². The summed E-state index contributed by atoms with van der Waals surface area (Å²) in [7, 11) is 2.18. The second kappa shape index (κ2) is 6.77. The van der Waals surface area contributed by atoms with E-state index in [1.54, 1.807) is 0 Å². The quantitative estimate of drug-likeness (QED) is 0.814. The van der Waals surface area contributed by atoms with Crippen LogP contribution in [0.1, 0.15) is 30.5 Å². The third-order valence-electron chi connectivity index (χ3n) is 3.07. The molecular weight excluding hydrogens is 208 g/mol. The maximum absolute atomic E-state index is 3.44. The van der Waals surface area contributed by atoms with Gasteiger partial charge < -0.3 is 10.2 Å². The zero-order valence-electron chi connectivity index (χ0n) is 11.9. The van der Waals surface area contributed by atoms with Gasteiger partial charge in [-0.05, 0) is 37.6 Å². The fraction of sp³-hybridized carbons (Fsp3) is 0.600. The third kappa shape index (κ3) is 5.33. The van der Waals surface area contributed by atoms with Gasteiger partial charge in [0.2, 0.25) is 0 Å². The summed E-state index contributed by atoms with van der Waals surface area (Å²) in [6.07, 6.45) is 0. The lowest BCUT2D eigenvalue weighted by Crippen LogP contribution is -2.32. The highest BCUT2D eigenvalue weighted by molar-refractivity contribution is 5.29. The Bertz CT molecular complexity index is 345. The number of hydrogen-bond acceptors (Lipinski definition) is 2. The van der Waals surface area contributed by atoms with Gasteiger partial charge in [-0.25, -0.2) is 0 Å². The lowest BCUT2D eigenvalue weighted by Gasteiger charge is -2.18. The highest BCUT2D eigenvalue weighted by Gasteiger charge is 2.02. The van der Waals surface area contributed by atoms with E-state index in [9.17, 15) is 0 Å². The molecule has 0 unspecified atom stereocenters. The molecule has 0 saturated heterocycles. The van der Waals surface area contributed by atoms with Gasteiger partial charge in [0.1, 0.15) is 0 Å². The minimum Gasteiger partial charge on any atom is -0.313 e. The van der Waals surface area contributed by atoms with Crippen molar-refractivity contribution in [3.63, 3.8) is 0 Å². The van der Waals surface area contributed by atoms with Crippen LogP contribution in [0.4, 0.5) is 0 Å². The molecule has 0 amide bonds. The number of rotatable bonds is 6. The lowest BCUT2D eigenvalue weighted by molar-refractivity contribution is 0.320. The molecule has 1 rings (SSSR count). The van der Waals surface area contributed by atoms with Gasteiger partial charge in [0.05, 0.1) is 0 Å². The van der Waals surface area contributed by atoms with Gasteiger partial charge in [-0.2, -0.15) is 0 Å². The summed E-state index contributed by atoms with van der Waals surface area (Å²) in [6.45, 7) is 11.9. The number of benzene rings is 1. The first kappa shape index (κ1) is 14.2. The van der Waals surface area contributed by atoms with Crippen molar-refractivity contribution in [1.29, 1.82) is 0 Å². The molecule has 1 N–H and O–H groups in total. The number of likely N-dealkylation sites (N-methyl/N-ethyl adjacent to an activating group) is 1. The maximum Gasteiger partial charge on any atom is 0.0231 e. The Morgan fingerprint density at radius 1 is 1.18 bits per heavy atom. The second-order valence-electron chi connectivity index (χ2n) is 5.27. The Balaban J connectivity index is 2.39. The van der Waals surface area contributed by atoms with Gasteiger partial charge >= 0.3 is 0 Å². The second-order valence-corrected chi connectivity index (χ2v) is 5.27. The Kier molecular flexibility index (Phi) is 5.66. The monoisotopic (exact) mass is 234 g/mol. The molecular formula is C15H26N2. The van der Waals surface area contributed by atoms with Gasteiger partial charge in [0.25, 0.3) is 0 Å². The maximum atomic E-state index is 3.44. The van der Waals surface area contributed by atoms with Crippen LogP contribution in [0.5, 0.6) is 0 Å². The fourth-order valence-electron chi connectivity index (χ4n) is 1.84.